The van der Waals surface area contributed by atoms with Gasteiger partial charge >= 0.3 is 0 Å². The summed E-state index contributed by atoms with van der Waals surface area (Å²) in [5.41, 5.74) is 0.0977. The van der Waals surface area contributed by atoms with Gasteiger partial charge in [0.05, 0.1) is 20.5 Å². The lowest BCUT2D eigenvalue weighted by molar-refractivity contribution is -0.384. The molecule has 0 saturated carbocycles. The van der Waals surface area contributed by atoms with Crippen molar-refractivity contribution < 1.29 is 9.72 Å². The van der Waals surface area contributed by atoms with Crippen LogP contribution in [-0.4, -0.2) is 10.8 Å². The van der Waals surface area contributed by atoms with Crippen molar-refractivity contribution in [2.45, 2.75) is 0 Å². The van der Waals surface area contributed by atoms with E-state index in [1.807, 2.05) is 0 Å². The Morgan fingerprint density at radius 1 is 1.10 bits per heavy atom. The summed E-state index contributed by atoms with van der Waals surface area (Å²) < 4.78 is 0. The first-order valence-electron chi connectivity index (χ1n) is 5.59. The van der Waals surface area contributed by atoms with Gasteiger partial charge in [-0.15, -0.1) is 0 Å². The maximum absolute atomic E-state index is 12.1. The van der Waals surface area contributed by atoms with E-state index in [4.69, 9.17) is 34.8 Å². The zero-order valence-electron chi connectivity index (χ0n) is 10.3. The topological polar surface area (TPSA) is 72.2 Å². The molecule has 0 atom stereocenters. The average Bonchev–Trinajstić information content (AvgIpc) is 2.43. The van der Waals surface area contributed by atoms with Gasteiger partial charge in [0.1, 0.15) is 5.02 Å². The second kappa shape index (κ2) is 6.30. The smallest absolute Gasteiger partial charge is 0.289 e. The Hall–Kier alpha value is -1.82. The molecule has 2 aromatic rings. The Morgan fingerprint density at radius 2 is 1.81 bits per heavy atom. The molecule has 21 heavy (non-hydrogen) atoms. The van der Waals surface area contributed by atoms with Gasteiger partial charge in [0.25, 0.3) is 11.6 Å². The minimum absolute atomic E-state index is 0.0150. The summed E-state index contributed by atoms with van der Waals surface area (Å²) in [7, 11) is 0. The molecule has 0 spiro atoms. The third-order valence-electron chi connectivity index (χ3n) is 2.60. The van der Waals surface area contributed by atoms with Crippen LogP contribution in [0, 0.1) is 10.1 Å². The maximum atomic E-state index is 12.1. The Balaban J connectivity index is 2.30. The van der Waals surface area contributed by atoms with E-state index >= 15 is 0 Å². The Kier molecular flexibility index (Phi) is 4.67. The van der Waals surface area contributed by atoms with Crippen LogP contribution in [0.3, 0.4) is 0 Å². The number of carbonyl (C=O) groups is 1. The quantitative estimate of drug-likeness (QED) is 0.641. The maximum Gasteiger partial charge on any atom is 0.289 e. The number of nitro groups is 1. The van der Waals surface area contributed by atoms with Crippen LogP contribution < -0.4 is 5.32 Å². The number of halogens is 3. The third kappa shape index (κ3) is 3.44. The van der Waals surface area contributed by atoms with Crippen LogP contribution in [0.1, 0.15) is 10.4 Å². The lowest BCUT2D eigenvalue weighted by Crippen LogP contribution is -2.12. The average molecular weight is 346 g/mol. The summed E-state index contributed by atoms with van der Waals surface area (Å²) in [5, 5.41) is 13.6. The predicted molar refractivity (Wildman–Crippen MR) is 82.5 cm³/mol. The number of rotatable bonds is 3. The SMILES string of the molecule is O=C(Nc1ccc(Cl)c([N+](=O)[O-])c1)c1cccc(Cl)c1Cl. The van der Waals surface area contributed by atoms with Crippen molar-refractivity contribution in [2.24, 2.45) is 0 Å². The number of amides is 1. The van der Waals surface area contributed by atoms with Gasteiger partial charge in [-0.3, -0.25) is 14.9 Å². The molecule has 8 heteroatoms. The molecule has 0 heterocycles. The van der Waals surface area contributed by atoms with E-state index in [2.05, 4.69) is 5.32 Å². The molecular weight excluding hydrogens is 339 g/mol. The summed E-state index contributed by atoms with van der Waals surface area (Å²) in [6, 6.07) is 8.56. The van der Waals surface area contributed by atoms with Crippen molar-refractivity contribution in [3.63, 3.8) is 0 Å². The number of benzene rings is 2. The molecule has 1 amide bonds. The van der Waals surface area contributed by atoms with Crippen molar-refractivity contribution in [1.29, 1.82) is 0 Å². The molecule has 0 bridgehead atoms. The molecule has 5 nitrogen and oxygen atoms in total. The molecule has 0 aliphatic rings. The molecule has 0 saturated heterocycles. The lowest BCUT2D eigenvalue weighted by atomic mass is 10.2. The predicted octanol–water partition coefficient (Wildman–Crippen LogP) is 4.81. The van der Waals surface area contributed by atoms with E-state index < -0.39 is 10.8 Å². The number of hydrogen-bond acceptors (Lipinski definition) is 3. The Bertz CT molecular complexity index is 735. The van der Waals surface area contributed by atoms with Crippen LogP contribution in [0.4, 0.5) is 11.4 Å². The first-order valence-corrected chi connectivity index (χ1v) is 6.73. The van der Waals surface area contributed by atoms with E-state index in [9.17, 15) is 14.9 Å². The van der Waals surface area contributed by atoms with E-state index in [1.54, 1.807) is 12.1 Å². The molecule has 0 aromatic heterocycles. The van der Waals surface area contributed by atoms with Gasteiger partial charge < -0.3 is 5.32 Å². The van der Waals surface area contributed by atoms with E-state index in [0.717, 1.165) is 0 Å². The lowest BCUT2D eigenvalue weighted by Gasteiger charge is -2.08. The van der Waals surface area contributed by atoms with Crippen LogP contribution in [0.2, 0.25) is 15.1 Å². The number of nitrogens with zero attached hydrogens (tertiary/aromatic N) is 1. The summed E-state index contributed by atoms with van der Waals surface area (Å²) in [5.74, 6) is -0.529. The van der Waals surface area contributed by atoms with E-state index in [1.165, 1.54) is 24.3 Å². The second-order valence-electron chi connectivity index (χ2n) is 3.98. The van der Waals surface area contributed by atoms with Crippen LogP contribution in [0.15, 0.2) is 36.4 Å². The zero-order valence-corrected chi connectivity index (χ0v) is 12.5. The highest BCUT2D eigenvalue weighted by Gasteiger charge is 2.16. The molecule has 0 fully saturated rings. The van der Waals surface area contributed by atoms with Crippen molar-refractivity contribution in [2.75, 3.05) is 5.32 Å². The van der Waals surface area contributed by atoms with Crippen molar-refractivity contribution in [3.05, 3.63) is 67.1 Å². The molecule has 0 aliphatic heterocycles. The second-order valence-corrected chi connectivity index (χ2v) is 5.17. The number of anilines is 1. The van der Waals surface area contributed by atoms with Crippen molar-refractivity contribution >= 4 is 52.1 Å². The van der Waals surface area contributed by atoms with Gasteiger partial charge in [-0.25, -0.2) is 0 Å². The first-order chi connectivity index (χ1) is 9.90. The number of nitro benzene ring substituents is 1. The summed E-state index contributed by atoms with van der Waals surface area (Å²) in [4.78, 5) is 22.3. The summed E-state index contributed by atoms with van der Waals surface area (Å²) >= 11 is 17.5. The number of carbonyl (C=O) groups excluding carboxylic acids is 1. The fourth-order valence-corrected chi connectivity index (χ4v) is 2.18. The largest absolute Gasteiger partial charge is 0.322 e. The molecule has 2 aromatic carbocycles. The third-order valence-corrected chi connectivity index (χ3v) is 3.74. The van der Waals surface area contributed by atoms with Gasteiger partial charge in [-0.1, -0.05) is 40.9 Å². The normalized spacial score (nSPS) is 10.2. The van der Waals surface area contributed by atoms with Crippen LogP contribution in [0.5, 0.6) is 0 Å². The van der Waals surface area contributed by atoms with Gasteiger partial charge in [0.2, 0.25) is 0 Å². The fraction of sp³-hybridized carbons (Fsp3) is 0. The molecule has 108 valence electrons. The summed E-state index contributed by atoms with van der Waals surface area (Å²) in [6.45, 7) is 0. The Morgan fingerprint density at radius 3 is 2.48 bits per heavy atom. The zero-order chi connectivity index (χ0) is 15.6. The van der Waals surface area contributed by atoms with Gasteiger partial charge in [0, 0.05) is 11.8 Å². The highest BCUT2D eigenvalue weighted by atomic mass is 35.5. The molecule has 2 rings (SSSR count). The van der Waals surface area contributed by atoms with Crippen LogP contribution in [-0.2, 0) is 0 Å². The van der Waals surface area contributed by atoms with Crippen molar-refractivity contribution in [3.8, 4) is 0 Å². The molecule has 0 aliphatic carbocycles. The number of nitrogens with one attached hydrogen (secondary N) is 1. The highest BCUT2D eigenvalue weighted by molar-refractivity contribution is 6.44. The molecule has 0 unspecified atom stereocenters. The van der Waals surface area contributed by atoms with Crippen LogP contribution >= 0.6 is 34.8 Å². The monoisotopic (exact) mass is 344 g/mol. The van der Waals surface area contributed by atoms with Crippen LogP contribution in [0.25, 0.3) is 0 Å². The van der Waals surface area contributed by atoms with E-state index in [-0.39, 0.29) is 32.0 Å². The van der Waals surface area contributed by atoms with Crippen molar-refractivity contribution in [1.82, 2.24) is 0 Å². The minimum Gasteiger partial charge on any atom is -0.322 e. The first kappa shape index (κ1) is 15.6. The molecule has 0 radical (unpaired) electrons. The highest BCUT2D eigenvalue weighted by Crippen LogP contribution is 2.29. The molecule has 1 N–H and O–H groups in total. The fourth-order valence-electron chi connectivity index (χ4n) is 1.61. The minimum atomic E-state index is -0.635. The number of hydrogen-bond donors (Lipinski definition) is 1. The van der Waals surface area contributed by atoms with Gasteiger partial charge in [-0.05, 0) is 24.3 Å². The standard InChI is InChI=1S/C13H7Cl3N2O3/c14-9-5-4-7(6-11(9)18(20)21)17-13(19)8-2-1-3-10(15)12(8)16/h1-6H,(H,17,19). The van der Waals surface area contributed by atoms with Gasteiger partial charge in [-0.2, -0.15) is 0 Å². The molecular formula is C13H7Cl3N2O3. The Labute approximate surface area is 134 Å². The van der Waals surface area contributed by atoms with Gasteiger partial charge in [0.15, 0.2) is 0 Å². The summed E-state index contributed by atoms with van der Waals surface area (Å²) in [6.07, 6.45) is 0. The van der Waals surface area contributed by atoms with E-state index in [0.29, 0.717) is 0 Å².